The van der Waals surface area contributed by atoms with Gasteiger partial charge in [0.05, 0.1) is 24.0 Å². The fourth-order valence-corrected chi connectivity index (χ4v) is 3.62. The van der Waals surface area contributed by atoms with Crippen molar-refractivity contribution >= 4 is 28.3 Å². The van der Waals surface area contributed by atoms with Crippen molar-refractivity contribution in [1.29, 1.82) is 0 Å². The minimum atomic E-state index is -0.674. The van der Waals surface area contributed by atoms with Gasteiger partial charge in [0.25, 0.3) is 0 Å². The van der Waals surface area contributed by atoms with Crippen LogP contribution in [0.5, 0.6) is 5.88 Å². The Labute approximate surface area is 169 Å². The van der Waals surface area contributed by atoms with Crippen LogP contribution in [0.3, 0.4) is 0 Å². The lowest BCUT2D eigenvalue weighted by Gasteiger charge is -2.10. The zero-order valence-corrected chi connectivity index (χ0v) is 17.1. The Hall–Kier alpha value is -3.41. The van der Waals surface area contributed by atoms with Crippen LogP contribution in [0, 0.1) is 20.8 Å². The summed E-state index contributed by atoms with van der Waals surface area (Å²) >= 11 is 0. The van der Waals surface area contributed by atoms with Crippen molar-refractivity contribution in [3.05, 3.63) is 58.7 Å². The molecule has 1 heterocycles. The van der Waals surface area contributed by atoms with Crippen molar-refractivity contribution in [2.45, 2.75) is 34.1 Å². The molecule has 6 heteroatoms. The van der Waals surface area contributed by atoms with Gasteiger partial charge in [-0.05, 0) is 62.6 Å². The third-order valence-electron chi connectivity index (χ3n) is 4.79. The molecule has 0 spiro atoms. The summed E-state index contributed by atoms with van der Waals surface area (Å²) in [5.74, 6) is -0.961. The lowest BCUT2D eigenvalue weighted by molar-refractivity contribution is -0.125. The van der Waals surface area contributed by atoms with E-state index >= 15 is 0 Å². The van der Waals surface area contributed by atoms with Crippen molar-refractivity contribution in [2.24, 2.45) is 10.7 Å². The van der Waals surface area contributed by atoms with E-state index in [1.54, 1.807) is 6.92 Å². The quantitative estimate of drug-likeness (QED) is 0.497. The smallest absolute Gasteiger partial charge is 0.224 e. The number of aryl methyl sites for hydroxylation is 3. The molecule has 6 nitrogen and oxygen atoms in total. The standard InChI is InChI=1S/C23H25N3O3/c1-13-5-6-19-20(10-13)26(17-8-14(2)7-15(3)9-17)23(29)22(19)16(4)25-12-18(27)11-21(24)28/h5-10,29H,11-12H2,1-4H3,(H2,24,28). The summed E-state index contributed by atoms with van der Waals surface area (Å²) in [6.45, 7) is 7.62. The normalized spacial score (nSPS) is 11.8. The molecule has 29 heavy (non-hydrogen) atoms. The molecule has 0 saturated heterocycles. The fraction of sp³-hybridized carbons (Fsp3) is 0.261. The number of carbonyl (C=O) groups excluding carboxylic acids is 2. The summed E-state index contributed by atoms with van der Waals surface area (Å²) in [5, 5.41) is 12.0. The van der Waals surface area contributed by atoms with Gasteiger partial charge in [0.15, 0.2) is 5.78 Å². The van der Waals surface area contributed by atoms with Crippen LogP contribution in [-0.4, -0.2) is 33.6 Å². The van der Waals surface area contributed by atoms with Crippen LogP contribution >= 0.6 is 0 Å². The second-order valence-corrected chi connectivity index (χ2v) is 7.48. The van der Waals surface area contributed by atoms with Gasteiger partial charge >= 0.3 is 0 Å². The Kier molecular flexibility index (Phi) is 5.55. The first kappa shape index (κ1) is 20.3. The number of nitrogens with zero attached hydrogens (tertiary/aromatic N) is 2. The summed E-state index contributed by atoms with van der Waals surface area (Å²) in [6.07, 6.45) is -0.341. The number of aromatic nitrogens is 1. The van der Waals surface area contributed by atoms with Crippen LogP contribution in [0.2, 0.25) is 0 Å². The van der Waals surface area contributed by atoms with E-state index in [0.717, 1.165) is 33.3 Å². The molecule has 0 radical (unpaired) electrons. The second-order valence-electron chi connectivity index (χ2n) is 7.48. The maximum atomic E-state index is 11.8. The van der Waals surface area contributed by atoms with E-state index in [9.17, 15) is 14.7 Å². The van der Waals surface area contributed by atoms with Gasteiger partial charge in [-0.25, -0.2) is 0 Å². The maximum absolute atomic E-state index is 11.8. The average Bonchev–Trinajstić information content (AvgIpc) is 2.89. The maximum Gasteiger partial charge on any atom is 0.224 e. The highest BCUT2D eigenvalue weighted by atomic mass is 16.3. The minimum absolute atomic E-state index is 0.0687. The number of hydrogen-bond acceptors (Lipinski definition) is 4. The number of nitrogens with two attached hydrogens (primary N) is 1. The highest BCUT2D eigenvalue weighted by Gasteiger charge is 2.20. The van der Waals surface area contributed by atoms with Gasteiger partial charge in [0, 0.05) is 16.8 Å². The lowest BCUT2D eigenvalue weighted by Crippen LogP contribution is -2.18. The van der Waals surface area contributed by atoms with Gasteiger partial charge in [-0.15, -0.1) is 0 Å². The molecule has 0 bridgehead atoms. The first-order valence-electron chi connectivity index (χ1n) is 9.41. The molecule has 0 aliphatic heterocycles. The van der Waals surface area contributed by atoms with E-state index in [0.29, 0.717) is 11.3 Å². The number of rotatable bonds is 6. The number of benzene rings is 2. The van der Waals surface area contributed by atoms with Crippen LogP contribution in [-0.2, 0) is 9.59 Å². The molecule has 0 fully saturated rings. The number of fused-ring (bicyclic) bond motifs is 1. The second kappa shape index (κ2) is 7.91. The molecule has 3 rings (SSSR count). The molecule has 150 valence electrons. The molecule has 0 aliphatic rings. The van der Waals surface area contributed by atoms with E-state index in [2.05, 4.69) is 11.1 Å². The molecular formula is C23H25N3O3. The zero-order chi connectivity index (χ0) is 21.3. The average molecular weight is 391 g/mol. The van der Waals surface area contributed by atoms with Crippen LogP contribution < -0.4 is 5.73 Å². The Bertz CT molecular complexity index is 1140. The number of primary amides is 1. The monoisotopic (exact) mass is 391 g/mol. The number of aromatic hydroxyl groups is 1. The Balaban J connectivity index is 2.17. The van der Waals surface area contributed by atoms with Gasteiger partial charge < -0.3 is 10.8 Å². The predicted molar refractivity (Wildman–Crippen MR) is 115 cm³/mol. The molecule has 0 atom stereocenters. The molecule has 2 aromatic carbocycles. The number of hydrogen-bond donors (Lipinski definition) is 2. The van der Waals surface area contributed by atoms with Crippen molar-refractivity contribution in [3.63, 3.8) is 0 Å². The lowest BCUT2D eigenvalue weighted by atomic mass is 10.1. The zero-order valence-electron chi connectivity index (χ0n) is 17.1. The highest BCUT2D eigenvalue weighted by molar-refractivity contribution is 6.13. The summed E-state index contributed by atoms with van der Waals surface area (Å²) in [4.78, 5) is 27.0. The van der Waals surface area contributed by atoms with E-state index in [-0.39, 0.29) is 24.6 Å². The number of carbonyl (C=O) groups is 2. The third-order valence-corrected chi connectivity index (χ3v) is 4.79. The van der Waals surface area contributed by atoms with E-state index in [4.69, 9.17) is 5.73 Å². The Morgan fingerprint density at radius 2 is 1.69 bits per heavy atom. The molecular weight excluding hydrogens is 366 g/mol. The first-order valence-corrected chi connectivity index (χ1v) is 9.41. The largest absolute Gasteiger partial charge is 0.494 e. The van der Waals surface area contributed by atoms with Gasteiger partial charge in [-0.1, -0.05) is 18.2 Å². The molecule has 1 aromatic heterocycles. The third kappa shape index (κ3) is 4.21. The van der Waals surface area contributed by atoms with Crippen molar-refractivity contribution in [1.82, 2.24) is 4.57 Å². The number of ketones is 1. The van der Waals surface area contributed by atoms with Gasteiger partial charge in [0.1, 0.15) is 0 Å². The summed E-state index contributed by atoms with van der Waals surface area (Å²) in [6, 6.07) is 12.0. The van der Waals surface area contributed by atoms with Gasteiger partial charge in [0.2, 0.25) is 11.8 Å². The summed E-state index contributed by atoms with van der Waals surface area (Å²) in [7, 11) is 0. The predicted octanol–water partition coefficient (Wildman–Crippen LogP) is 3.51. The SMILES string of the molecule is CC(=NCC(=O)CC(N)=O)c1c(O)n(-c2cc(C)cc(C)c2)c2cc(C)ccc12. The molecule has 3 N–H and O–H groups in total. The number of aliphatic imine (C=N–C) groups is 1. The van der Waals surface area contributed by atoms with Gasteiger partial charge in [-0.2, -0.15) is 0 Å². The molecule has 1 amide bonds. The molecule has 0 aliphatic carbocycles. The van der Waals surface area contributed by atoms with E-state index < -0.39 is 5.91 Å². The fourth-order valence-electron chi connectivity index (χ4n) is 3.62. The number of Topliss-reactive ketones (excluding diaryl/α,β-unsaturated/α-hetero) is 1. The van der Waals surface area contributed by atoms with Crippen molar-refractivity contribution < 1.29 is 14.7 Å². The van der Waals surface area contributed by atoms with Crippen LogP contribution in [0.25, 0.3) is 16.6 Å². The Morgan fingerprint density at radius 3 is 2.31 bits per heavy atom. The number of amides is 1. The minimum Gasteiger partial charge on any atom is -0.494 e. The van der Waals surface area contributed by atoms with E-state index in [1.807, 2.05) is 55.7 Å². The first-order chi connectivity index (χ1) is 13.7. The highest BCUT2D eigenvalue weighted by Crippen LogP contribution is 2.36. The summed E-state index contributed by atoms with van der Waals surface area (Å²) < 4.78 is 1.81. The topological polar surface area (TPSA) is 97.7 Å². The van der Waals surface area contributed by atoms with Crippen LogP contribution in [0.4, 0.5) is 0 Å². The molecule has 3 aromatic rings. The Morgan fingerprint density at radius 1 is 1.03 bits per heavy atom. The summed E-state index contributed by atoms with van der Waals surface area (Å²) in [5.41, 5.74) is 11.1. The van der Waals surface area contributed by atoms with Gasteiger partial charge in [-0.3, -0.25) is 19.1 Å². The molecule has 0 saturated carbocycles. The van der Waals surface area contributed by atoms with Crippen LogP contribution in [0.15, 0.2) is 41.4 Å². The molecule has 0 unspecified atom stereocenters. The van der Waals surface area contributed by atoms with Crippen LogP contribution in [0.1, 0.15) is 35.6 Å². The van der Waals surface area contributed by atoms with Crippen molar-refractivity contribution in [2.75, 3.05) is 6.54 Å². The van der Waals surface area contributed by atoms with Crippen molar-refractivity contribution in [3.8, 4) is 11.6 Å². The van der Waals surface area contributed by atoms with E-state index in [1.165, 1.54) is 0 Å².